The van der Waals surface area contributed by atoms with Crippen LogP contribution in [0.1, 0.15) is 23.4 Å². The molecule has 12 nitrogen and oxygen atoms in total. The van der Waals surface area contributed by atoms with Crippen LogP contribution < -0.4 is 0 Å². The SMILES string of the molecule is Cc1cc(SCCCN2CCN(Cc3ccccc3)CC2)cc(CSc2ccncc2)n1.O=C(O)/C=C/C(=O)O.O=C(O)/C=C/C(=O)O. The third-order valence-corrected chi connectivity index (χ3v) is 8.46. The lowest BCUT2D eigenvalue weighted by Crippen LogP contribution is -2.46. The second-order valence-electron chi connectivity index (χ2n) is 10.2. The van der Waals surface area contributed by atoms with Gasteiger partial charge in [-0.15, -0.1) is 23.5 Å². The molecule has 48 heavy (non-hydrogen) atoms. The number of nitrogens with zero attached hydrogens (tertiary/aromatic N) is 4. The van der Waals surface area contributed by atoms with Crippen LogP contribution in [0.2, 0.25) is 0 Å². The highest BCUT2D eigenvalue weighted by Gasteiger charge is 2.16. The van der Waals surface area contributed by atoms with E-state index in [0.717, 1.165) is 29.4 Å². The van der Waals surface area contributed by atoms with Crippen LogP contribution in [0, 0.1) is 6.92 Å². The molecule has 1 aliphatic heterocycles. The maximum absolute atomic E-state index is 9.55. The molecular formula is C34H40N4O8S2. The first-order chi connectivity index (χ1) is 23.0. The van der Waals surface area contributed by atoms with E-state index in [0.29, 0.717) is 24.3 Å². The molecule has 2 aromatic heterocycles. The molecule has 3 aromatic rings. The van der Waals surface area contributed by atoms with Crippen molar-refractivity contribution in [1.29, 1.82) is 0 Å². The monoisotopic (exact) mass is 696 g/mol. The number of aliphatic carboxylic acids is 4. The van der Waals surface area contributed by atoms with E-state index < -0.39 is 23.9 Å². The van der Waals surface area contributed by atoms with Crippen molar-refractivity contribution >= 4 is 47.4 Å². The van der Waals surface area contributed by atoms with E-state index in [9.17, 15) is 19.2 Å². The summed E-state index contributed by atoms with van der Waals surface area (Å²) >= 11 is 3.78. The van der Waals surface area contributed by atoms with Gasteiger partial charge in [0, 0.05) is 90.7 Å². The van der Waals surface area contributed by atoms with Crippen molar-refractivity contribution in [3.63, 3.8) is 0 Å². The fraction of sp³-hybridized carbons (Fsp3) is 0.294. The summed E-state index contributed by atoms with van der Waals surface area (Å²) in [5.74, 6) is -2.98. The van der Waals surface area contributed by atoms with Crippen molar-refractivity contribution < 1.29 is 39.6 Å². The summed E-state index contributed by atoms with van der Waals surface area (Å²) in [4.78, 5) is 54.8. The summed E-state index contributed by atoms with van der Waals surface area (Å²) in [6.07, 6.45) is 7.15. The molecule has 14 heteroatoms. The minimum atomic E-state index is -1.26. The van der Waals surface area contributed by atoms with Gasteiger partial charge in [-0.2, -0.15) is 0 Å². The molecule has 0 spiro atoms. The molecule has 1 fully saturated rings. The van der Waals surface area contributed by atoms with Crippen molar-refractivity contribution in [2.45, 2.75) is 35.4 Å². The van der Waals surface area contributed by atoms with Gasteiger partial charge in [0.1, 0.15) is 0 Å². The number of aromatic nitrogens is 2. The molecule has 0 atom stereocenters. The molecular weight excluding hydrogens is 657 g/mol. The first-order valence-electron chi connectivity index (χ1n) is 14.9. The van der Waals surface area contributed by atoms with Gasteiger partial charge in [0.05, 0.1) is 5.69 Å². The third-order valence-electron chi connectivity index (χ3n) is 6.35. The lowest BCUT2D eigenvalue weighted by atomic mass is 10.2. The standard InChI is InChI=1S/C26H32N4S2.2C4H4O4/c1-22-18-26(19-24(28-22)21-32-25-8-10-27-11-9-25)31-17-5-12-29-13-15-30(16-14-29)20-23-6-3-2-4-7-23;2*5-3(6)1-2-4(7)8/h2-4,6-11,18-19H,5,12-17,20-21H2,1H3;2*1-2H,(H,5,6)(H,7,8)/b;2*2-1+. The maximum Gasteiger partial charge on any atom is 0.328 e. The number of aryl methyl sites for hydroxylation is 1. The molecule has 3 heterocycles. The maximum atomic E-state index is 9.55. The van der Waals surface area contributed by atoms with Crippen LogP contribution >= 0.6 is 23.5 Å². The van der Waals surface area contributed by atoms with Crippen LogP contribution in [0.15, 0.2) is 101 Å². The van der Waals surface area contributed by atoms with Crippen molar-refractivity contribution in [3.8, 4) is 0 Å². The molecule has 0 bridgehead atoms. The second kappa shape index (κ2) is 22.9. The molecule has 1 saturated heterocycles. The van der Waals surface area contributed by atoms with Crippen LogP contribution in [0.25, 0.3) is 0 Å². The quantitative estimate of drug-likeness (QED) is 0.102. The Kier molecular flexibility index (Phi) is 19.0. The molecule has 256 valence electrons. The molecule has 4 N–H and O–H groups in total. The summed E-state index contributed by atoms with van der Waals surface area (Å²) in [6.45, 7) is 9.08. The zero-order chi connectivity index (χ0) is 35.1. The first kappa shape index (κ1) is 39.7. The predicted octanol–water partition coefficient (Wildman–Crippen LogP) is 4.80. The van der Waals surface area contributed by atoms with E-state index in [1.165, 1.54) is 54.5 Å². The molecule has 1 aliphatic rings. The largest absolute Gasteiger partial charge is 0.478 e. The fourth-order valence-electron chi connectivity index (χ4n) is 4.23. The highest BCUT2D eigenvalue weighted by molar-refractivity contribution is 7.99. The van der Waals surface area contributed by atoms with Crippen molar-refractivity contribution in [2.24, 2.45) is 0 Å². The summed E-state index contributed by atoms with van der Waals surface area (Å²) in [5, 5.41) is 31.2. The van der Waals surface area contributed by atoms with Crippen molar-refractivity contribution in [3.05, 3.63) is 108 Å². The van der Waals surface area contributed by atoms with Gasteiger partial charge in [-0.05, 0) is 55.5 Å². The van der Waals surface area contributed by atoms with E-state index in [4.69, 9.17) is 25.4 Å². The highest BCUT2D eigenvalue weighted by atomic mass is 32.2. The summed E-state index contributed by atoms with van der Waals surface area (Å²) in [5.41, 5.74) is 3.68. The average molecular weight is 697 g/mol. The van der Waals surface area contributed by atoms with Gasteiger partial charge in [-0.25, -0.2) is 19.2 Å². The number of rotatable bonds is 14. The van der Waals surface area contributed by atoms with Crippen LogP contribution in [0.4, 0.5) is 0 Å². The number of hydrogen-bond acceptors (Lipinski definition) is 10. The Labute approximate surface area is 288 Å². The summed E-state index contributed by atoms with van der Waals surface area (Å²) in [7, 11) is 0. The summed E-state index contributed by atoms with van der Waals surface area (Å²) in [6, 6.07) is 19.4. The number of carboxylic acids is 4. The average Bonchev–Trinajstić information content (AvgIpc) is 3.06. The Balaban J connectivity index is 0.000000414. The van der Waals surface area contributed by atoms with Crippen molar-refractivity contribution in [1.82, 2.24) is 19.8 Å². The van der Waals surface area contributed by atoms with Crippen molar-refractivity contribution in [2.75, 3.05) is 38.5 Å². The van der Waals surface area contributed by atoms with E-state index in [-0.39, 0.29) is 0 Å². The Bertz CT molecular complexity index is 1430. The van der Waals surface area contributed by atoms with Crippen LogP contribution in [0.5, 0.6) is 0 Å². The van der Waals surface area contributed by atoms with Gasteiger partial charge in [-0.3, -0.25) is 14.9 Å². The molecule has 0 saturated carbocycles. The smallest absolute Gasteiger partial charge is 0.328 e. The van der Waals surface area contributed by atoms with Gasteiger partial charge in [-0.1, -0.05) is 30.3 Å². The number of thioether (sulfide) groups is 2. The van der Waals surface area contributed by atoms with E-state index in [1.807, 2.05) is 35.9 Å². The Morgan fingerprint density at radius 1 is 0.729 bits per heavy atom. The number of hydrogen-bond donors (Lipinski definition) is 4. The van der Waals surface area contributed by atoms with Crippen LogP contribution in [-0.2, 0) is 31.5 Å². The van der Waals surface area contributed by atoms with Gasteiger partial charge >= 0.3 is 23.9 Å². The number of benzene rings is 1. The third kappa shape index (κ3) is 19.2. The fourth-order valence-corrected chi connectivity index (χ4v) is 5.99. The zero-order valence-corrected chi connectivity index (χ0v) is 28.2. The molecule has 0 unspecified atom stereocenters. The number of pyridine rings is 2. The lowest BCUT2D eigenvalue weighted by molar-refractivity contribution is -0.134. The van der Waals surface area contributed by atoms with E-state index in [2.05, 4.69) is 76.3 Å². The predicted molar refractivity (Wildman–Crippen MR) is 185 cm³/mol. The topological polar surface area (TPSA) is 181 Å². The molecule has 0 aliphatic carbocycles. The summed E-state index contributed by atoms with van der Waals surface area (Å²) < 4.78 is 0. The minimum absolute atomic E-state index is 0.558. The minimum Gasteiger partial charge on any atom is -0.478 e. The lowest BCUT2D eigenvalue weighted by Gasteiger charge is -2.34. The van der Waals surface area contributed by atoms with E-state index in [1.54, 1.807) is 0 Å². The van der Waals surface area contributed by atoms with Crippen LogP contribution in [-0.4, -0.2) is 103 Å². The van der Waals surface area contributed by atoms with Gasteiger partial charge in [0.2, 0.25) is 0 Å². The normalized spacial score (nSPS) is 13.3. The molecule has 0 radical (unpaired) electrons. The Morgan fingerprint density at radius 3 is 1.81 bits per heavy atom. The number of carboxylic acid groups (broad SMARTS) is 4. The van der Waals surface area contributed by atoms with Gasteiger partial charge < -0.3 is 25.3 Å². The molecule has 4 rings (SSSR count). The highest BCUT2D eigenvalue weighted by Crippen LogP contribution is 2.25. The van der Waals surface area contributed by atoms with Gasteiger partial charge in [0.25, 0.3) is 0 Å². The zero-order valence-electron chi connectivity index (χ0n) is 26.6. The van der Waals surface area contributed by atoms with Gasteiger partial charge in [0.15, 0.2) is 0 Å². The Morgan fingerprint density at radius 2 is 1.27 bits per heavy atom. The van der Waals surface area contributed by atoms with Crippen LogP contribution in [0.3, 0.4) is 0 Å². The molecule has 0 amide bonds. The first-order valence-corrected chi connectivity index (χ1v) is 16.9. The number of carbonyl (C=O) groups is 4. The molecule has 1 aromatic carbocycles. The number of piperazine rings is 1. The Hall–Kier alpha value is -4.50. The second-order valence-corrected chi connectivity index (χ2v) is 12.4. The van der Waals surface area contributed by atoms with E-state index >= 15 is 0 Å².